The number of rotatable bonds is 12. The van der Waals surface area contributed by atoms with Crippen molar-refractivity contribution < 1.29 is 19.3 Å². The Morgan fingerprint density at radius 1 is 1.05 bits per heavy atom. The van der Waals surface area contributed by atoms with Crippen LogP contribution in [0.3, 0.4) is 0 Å². The Hall–Kier alpha value is -1.11. The highest BCUT2D eigenvalue weighted by atomic mass is 16.5. The molecule has 1 aromatic rings. The zero-order chi connectivity index (χ0) is 13.8. The van der Waals surface area contributed by atoms with Crippen molar-refractivity contribution in [2.24, 2.45) is 0 Å². The van der Waals surface area contributed by atoms with Crippen molar-refractivity contribution in [2.45, 2.75) is 26.3 Å². The van der Waals surface area contributed by atoms with Gasteiger partial charge in [-0.1, -0.05) is 13.3 Å². The summed E-state index contributed by atoms with van der Waals surface area (Å²) in [5.74, 6) is 0.173. The van der Waals surface area contributed by atoms with Crippen LogP contribution in [0.25, 0.3) is 0 Å². The summed E-state index contributed by atoms with van der Waals surface area (Å²) in [6, 6.07) is 0. The lowest BCUT2D eigenvalue weighted by Crippen LogP contribution is -2.12. The summed E-state index contributed by atoms with van der Waals surface area (Å²) in [7, 11) is 0. The second-order valence-electron chi connectivity index (χ2n) is 4.15. The van der Waals surface area contributed by atoms with Gasteiger partial charge in [-0.15, -0.1) is 0 Å². The Morgan fingerprint density at radius 2 is 1.68 bits per heavy atom. The molecule has 6 heteroatoms. The zero-order valence-electron chi connectivity index (χ0n) is 11.6. The van der Waals surface area contributed by atoms with E-state index in [9.17, 15) is 0 Å². The Bertz CT molecular complexity index is 317. The summed E-state index contributed by atoms with van der Waals surface area (Å²) in [6.45, 7) is 6.52. The smallest absolute Gasteiger partial charge is 0.153 e. The maximum Gasteiger partial charge on any atom is 0.153 e. The standard InChI is InChI=1S/C13H24N2O4/c1-2-3-5-17-7-9-19-10-8-18-6-4-15-12-13(16)11-14-15/h11-12,16H,2-10H2,1H3. The normalized spacial score (nSPS) is 11.0. The van der Waals surface area contributed by atoms with Crippen molar-refractivity contribution in [1.29, 1.82) is 0 Å². The molecular weight excluding hydrogens is 248 g/mol. The largest absolute Gasteiger partial charge is 0.505 e. The Morgan fingerprint density at radius 3 is 2.26 bits per heavy atom. The minimum absolute atomic E-state index is 0.173. The molecule has 0 saturated carbocycles. The second-order valence-corrected chi connectivity index (χ2v) is 4.15. The van der Waals surface area contributed by atoms with Crippen LogP contribution in [-0.4, -0.2) is 54.5 Å². The van der Waals surface area contributed by atoms with Gasteiger partial charge in [0.1, 0.15) is 0 Å². The third-order valence-electron chi connectivity index (χ3n) is 2.47. The van der Waals surface area contributed by atoms with Gasteiger partial charge in [-0.25, -0.2) is 0 Å². The Labute approximate surface area is 114 Å². The highest BCUT2D eigenvalue weighted by molar-refractivity contribution is 5.08. The number of aromatic hydroxyl groups is 1. The van der Waals surface area contributed by atoms with E-state index in [2.05, 4.69) is 12.0 Å². The third kappa shape index (κ3) is 8.58. The van der Waals surface area contributed by atoms with Gasteiger partial charge in [0.05, 0.1) is 52.0 Å². The molecule has 0 unspecified atom stereocenters. The summed E-state index contributed by atoms with van der Waals surface area (Å²) in [5.41, 5.74) is 0. The molecule has 6 nitrogen and oxygen atoms in total. The Kier molecular flexibility index (Phi) is 9.05. The van der Waals surface area contributed by atoms with Gasteiger partial charge in [-0.2, -0.15) is 5.10 Å². The SMILES string of the molecule is CCCCOCCOCCOCCn1cc(O)cn1. The molecule has 0 aliphatic rings. The molecule has 1 heterocycles. The van der Waals surface area contributed by atoms with E-state index >= 15 is 0 Å². The van der Waals surface area contributed by atoms with Crippen LogP contribution >= 0.6 is 0 Å². The monoisotopic (exact) mass is 272 g/mol. The van der Waals surface area contributed by atoms with Crippen LogP contribution in [-0.2, 0) is 20.8 Å². The molecule has 0 aliphatic carbocycles. The topological polar surface area (TPSA) is 65.7 Å². The third-order valence-corrected chi connectivity index (χ3v) is 2.47. The van der Waals surface area contributed by atoms with Crippen molar-refractivity contribution in [3.8, 4) is 5.75 Å². The van der Waals surface area contributed by atoms with Crippen molar-refractivity contribution in [1.82, 2.24) is 9.78 Å². The summed E-state index contributed by atoms with van der Waals surface area (Å²) in [6.07, 6.45) is 5.23. The number of hydrogen-bond donors (Lipinski definition) is 1. The van der Waals surface area contributed by atoms with E-state index in [0.29, 0.717) is 39.6 Å². The molecular formula is C13H24N2O4. The van der Waals surface area contributed by atoms with E-state index in [0.717, 1.165) is 19.4 Å². The molecule has 0 aliphatic heterocycles. The Balaban J connectivity index is 1.79. The first kappa shape index (κ1) is 15.9. The zero-order valence-corrected chi connectivity index (χ0v) is 11.6. The average molecular weight is 272 g/mol. The van der Waals surface area contributed by atoms with Crippen LogP contribution in [0.4, 0.5) is 0 Å². The molecule has 0 bridgehead atoms. The van der Waals surface area contributed by atoms with Gasteiger partial charge in [0.2, 0.25) is 0 Å². The van der Waals surface area contributed by atoms with E-state index in [-0.39, 0.29) is 5.75 Å². The minimum atomic E-state index is 0.173. The molecule has 0 amide bonds. The highest BCUT2D eigenvalue weighted by Gasteiger charge is 1.96. The summed E-state index contributed by atoms with van der Waals surface area (Å²) in [4.78, 5) is 0. The van der Waals surface area contributed by atoms with Gasteiger partial charge in [0.25, 0.3) is 0 Å². The number of ether oxygens (including phenoxy) is 3. The second kappa shape index (κ2) is 10.8. The van der Waals surface area contributed by atoms with Crippen molar-refractivity contribution in [3.63, 3.8) is 0 Å². The van der Waals surface area contributed by atoms with Crippen LogP contribution in [0.2, 0.25) is 0 Å². The number of aromatic nitrogens is 2. The first-order valence-electron chi connectivity index (χ1n) is 6.77. The first-order chi connectivity index (χ1) is 9.33. The predicted octanol–water partition coefficient (Wildman–Crippen LogP) is 1.44. The first-order valence-corrected chi connectivity index (χ1v) is 6.77. The number of hydrogen-bond acceptors (Lipinski definition) is 5. The lowest BCUT2D eigenvalue weighted by Gasteiger charge is -2.06. The van der Waals surface area contributed by atoms with E-state index in [1.165, 1.54) is 6.20 Å². The van der Waals surface area contributed by atoms with Crippen molar-refractivity contribution in [3.05, 3.63) is 12.4 Å². The predicted molar refractivity (Wildman–Crippen MR) is 71.3 cm³/mol. The fraction of sp³-hybridized carbons (Fsp3) is 0.769. The fourth-order valence-electron chi connectivity index (χ4n) is 1.42. The van der Waals surface area contributed by atoms with Crippen LogP contribution in [0.5, 0.6) is 5.75 Å². The lowest BCUT2D eigenvalue weighted by molar-refractivity contribution is 0.0123. The van der Waals surface area contributed by atoms with E-state index < -0.39 is 0 Å². The molecule has 0 spiro atoms. The maximum absolute atomic E-state index is 9.07. The highest BCUT2D eigenvalue weighted by Crippen LogP contribution is 2.03. The molecule has 19 heavy (non-hydrogen) atoms. The molecule has 0 aromatic carbocycles. The van der Waals surface area contributed by atoms with E-state index in [4.69, 9.17) is 19.3 Å². The van der Waals surface area contributed by atoms with E-state index in [1.807, 2.05) is 0 Å². The van der Waals surface area contributed by atoms with Gasteiger partial charge >= 0.3 is 0 Å². The lowest BCUT2D eigenvalue weighted by atomic mass is 10.4. The van der Waals surface area contributed by atoms with Crippen molar-refractivity contribution >= 4 is 0 Å². The van der Waals surface area contributed by atoms with Gasteiger partial charge in [0, 0.05) is 6.61 Å². The van der Waals surface area contributed by atoms with Crippen LogP contribution < -0.4 is 0 Å². The molecule has 0 radical (unpaired) electrons. The number of nitrogens with zero attached hydrogens (tertiary/aromatic N) is 2. The van der Waals surface area contributed by atoms with Crippen LogP contribution in [0.15, 0.2) is 12.4 Å². The van der Waals surface area contributed by atoms with Gasteiger partial charge in [0.15, 0.2) is 5.75 Å². The summed E-state index contributed by atoms with van der Waals surface area (Å²) in [5, 5.41) is 13.0. The molecule has 0 atom stereocenters. The average Bonchev–Trinajstić information content (AvgIpc) is 2.82. The van der Waals surface area contributed by atoms with Gasteiger partial charge in [-0.3, -0.25) is 4.68 Å². The van der Waals surface area contributed by atoms with E-state index in [1.54, 1.807) is 10.9 Å². The molecule has 1 N–H and O–H groups in total. The molecule has 110 valence electrons. The quantitative estimate of drug-likeness (QED) is 0.583. The van der Waals surface area contributed by atoms with Gasteiger partial charge < -0.3 is 19.3 Å². The van der Waals surface area contributed by atoms with Crippen LogP contribution in [0, 0.1) is 0 Å². The number of unbranched alkanes of at least 4 members (excludes halogenated alkanes) is 1. The van der Waals surface area contributed by atoms with Crippen molar-refractivity contribution in [2.75, 3.05) is 39.6 Å². The molecule has 1 rings (SSSR count). The van der Waals surface area contributed by atoms with Crippen LogP contribution in [0.1, 0.15) is 19.8 Å². The summed E-state index contributed by atoms with van der Waals surface area (Å²) < 4.78 is 17.7. The molecule has 0 fully saturated rings. The van der Waals surface area contributed by atoms with Gasteiger partial charge in [-0.05, 0) is 6.42 Å². The minimum Gasteiger partial charge on any atom is -0.505 e. The molecule has 1 aromatic heterocycles. The fourth-order valence-corrected chi connectivity index (χ4v) is 1.42. The maximum atomic E-state index is 9.07. The summed E-state index contributed by atoms with van der Waals surface area (Å²) >= 11 is 0. The molecule has 0 saturated heterocycles.